The number of benzene rings is 2. The Morgan fingerprint density at radius 1 is 1.31 bits per heavy atom. The molecule has 0 saturated heterocycles. The monoisotopic (exact) mass is 458 g/mol. The van der Waals surface area contributed by atoms with Crippen LogP contribution in [-0.4, -0.2) is 23.5 Å². The standard InChI is InChI=1S/C23H20F2N2O4S/c1-3-29-18-10-13(8-9-17(18)30-21(24)25)11-19-20(28)27-15-12-23(2,26-22(27)32-19)31-16-7-5-4-6-14(15)16/h4-11,15,21H,3,12H2,1-2H3. The van der Waals surface area contributed by atoms with E-state index in [1.54, 1.807) is 29.7 Å². The normalized spacial score (nSPS) is 21.4. The molecule has 0 saturated carbocycles. The minimum atomic E-state index is -2.95. The largest absolute Gasteiger partial charge is 0.490 e. The molecular formula is C23H20F2N2O4S. The third-order valence-corrected chi connectivity index (χ3v) is 6.43. The van der Waals surface area contributed by atoms with Crippen LogP contribution in [0.3, 0.4) is 0 Å². The van der Waals surface area contributed by atoms with Crippen LogP contribution in [0.15, 0.2) is 52.3 Å². The van der Waals surface area contributed by atoms with Crippen molar-refractivity contribution in [1.82, 2.24) is 4.57 Å². The van der Waals surface area contributed by atoms with Crippen LogP contribution in [0.25, 0.3) is 6.08 Å². The first kappa shape index (κ1) is 20.7. The van der Waals surface area contributed by atoms with Crippen molar-refractivity contribution in [3.63, 3.8) is 0 Å². The number of aromatic nitrogens is 1. The van der Waals surface area contributed by atoms with E-state index in [0.717, 1.165) is 11.3 Å². The molecule has 0 radical (unpaired) electrons. The molecule has 0 fully saturated rings. The van der Waals surface area contributed by atoms with Gasteiger partial charge in [-0.15, -0.1) is 0 Å². The molecule has 2 bridgehead atoms. The summed E-state index contributed by atoms with van der Waals surface area (Å²) in [6.07, 6.45) is 2.28. The summed E-state index contributed by atoms with van der Waals surface area (Å²) in [5.74, 6) is 0.880. The van der Waals surface area contributed by atoms with Gasteiger partial charge in [-0.1, -0.05) is 35.6 Å². The summed E-state index contributed by atoms with van der Waals surface area (Å²) in [4.78, 5) is 18.7. The first-order chi connectivity index (χ1) is 15.4. The van der Waals surface area contributed by atoms with E-state index >= 15 is 0 Å². The highest BCUT2D eigenvalue weighted by molar-refractivity contribution is 7.07. The van der Waals surface area contributed by atoms with Crippen LogP contribution in [0.4, 0.5) is 8.78 Å². The molecular weight excluding hydrogens is 438 g/mol. The highest BCUT2D eigenvalue weighted by atomic mass is 32.1. The van der Waals surface area contributed by atoms with Gasteiger partial charge in [-0.2, -0.15) is 8.78 Å². The van der Waals surface area contributed by atoms with Crippen molar-refractivity contribution < 1.29 is 23.0 Å². The lowest BCUT2D eigenvalue weighted by atomic mass is 9.93. The highest BCUT2D eigenvalue weighted by Gasteiger charge is 2.42. The smallest absolute Gasteiger partial charge is 0.387 e. The summed E-state index contributed by atoms with van der Waals surface area (Å²) in [6, 6.07) is 12.1. The van der Waals surface area contributed by atoms with Gasteiger partial charge in [-0.25, -0.2) is 4.99 Å². The molecule has 3 aromatic rings. The Labute approximate surface area is 186 Å². The minimum absolute atomic E-state index is 0.0494. The lowest BCUT2D eigenvalue weighted by Gasteiger charge is -2.39. The van der Waals surface area contributed by atoms with E-state index in [4.69, 9.17) is 14.5 Å². The summed E-state index contributed by atoms with van der Waals surface area (Å²) < 4.78 is 43.6. The fourth-order valence-electron chi connectivity index (χ4n) is 4.16. The summed E-state index contributed by atoms with van der Waals surface area (Å²) in [6.45, 7) is 1.01. The Kier molecular flexibility index (Phi) is 5.00. The maximum atomic E-state index is 13.3. The number of alkyl halides is 2. The summed E-state index contributed by atoms with van der Waals surface area (Å²) in [5.41, 5.74) is 0.713. The average Bonchev–Trinajstić information content (AvgIpc) is 3.03. The van der Waals surface area contributed by atoms with Gasteiger partial charge in [0.25, 0.3) is 5.56 Å². The molecule has 5 rings (SSSR count). The zero-order chi connectivity index (χ0) is 22.5. The van der Waals surface area contributed by atoms with Crippen LogP contribution < -0.4 is 29.1 Å². The molecule has 6 nitrogen and oxygen atoms in total. The van der Waals surface area contributed by atoms with Crippen molar-refractivity contribution in [2.24, 2.45) is 4.99 Å². The van der Waals surface area contributed by atoms with Crippen LogP contribution in [0, 0.1) is 0 Å². The number of hydrogen-bond acceptors (Lipinski definition) is 6. The van der Waals surface area contributed by atoms with E-state index < -0.39 is 12.3 Å². The molecule has 2 atom stereocenters. The van der Waals surface area contributed by atoms with E-state index in [1.807, 2.05) is 31.2 Å². The van der Waals surface area contributed by atoms with Gasteiger partial charge in [-0.05, 0) is 43.7 Å². The first-order valence-electron chi connectivity index (χ1n) is 10.2. The van der Waals surface area contributed by atoms with Crippen molar-refractivity contribution in [3.8, 4) is 17.2 Å². The molecule has 32 heavy (non-hydrogen) atoms. The molecule has 0 amide bonds. The van der Waals surface area contributed by atoms with Crippen LogP contribution >= 0.6 is 11.3 Å². The fraction of sp³-hybridized carbons (Fsp3) is 0.304. The maximum absolute atomic E-state index is 13.3. The van der Waals surface area contributed by atoms with Crippen LogP contribution in [0.5, 0.6) is 17.2 Å². The molecule has 9 heteroatoms. The minimum Gasteiger partial charge on any atom is -0.490 e. The average molecular weight is 458 g/mol. The lowest BCUT2D eigenvalue weighted by molar-refractivity contribution is -0.0514. The fourth-order valence-corrected chi connectivity index (χ4v) is 5.29. The van der Waals surface area contributed by atoms with Crippen molar-refractivity contribution in [3.05, 3.63) is 73.3 Å². The third-order valence-electron chi connectivity index (χ3n) is 5.44. The van der Waals surface area contributed by atoms with Gasteiger partial charge in [-0.3, -0.25) is 9.36 Å². The molecule has 1 aromatic heterocycles. The molecule has 0 aliphatic carbocycles. The number of fused-ring (bicyclic) bond motifs is 6. The quantitative estimate of drug-likeness (QED) is 0.588. The maximum Gasteiger partial charge on any atom is 0.387 e. The lowest BCUT2D eigenvalue weighted by Crippen LogP contribution is -2.49. The van der Waals surface area contributed by atoms with E-state index in [2.05, 4.69) is 4.74 Å². The second-order valence-corrected chi connectivity index (χ2v) is 8.74. The van der Waals surface area contributed by atoms with Gasteiger partial charge in [0.1, 0.15) is 5.75 Å². The molecule has 0 spiro atoms. The number of nitrogens with zero attached hydrogens (tertiary/aromatic N) is 2. The molecule has 2 aromatic carbocycles. The SMILES string of the molecule is CCOc1cc(C=c2sc3n(c2=O)C2CC(C)(N=3)Oc3ccccc32)ccc1OC(F)F. The van der Waals surface area contributed by atoms with Gasteiger partial charge in [0, 0.05) is 12.0 Å². The Hall–Kier alpha value is -3.20. The molecule has 0 N–H and O–H groups in total. The van der Waals surface area contributed by atoms with E-state index in [9.17, 15) is 13.6 Å². The van der Waals surface area contributed by atoms with Crippen molar-refractivity contribution in [2.45, 2.75) is 38.6 Å². The molecule has 2 aliphatic heterocycles. The number of ether oxygens (including phenoxy) is 3. The van der Waals surface area contributed by atoms with Crippen molar-refractivity contribution in [1.29, 1.82) is 0 Å². The van der Waals surface area contributed by atoms with Gasteiger partial charge >= 0.3 is 6.61 Å². The van der Waals surface area contributed by atoms with Gasteiger partial charge in [0.15, 0.2) is 16.3 Å². The van der Waals surface area contributed by atoms with Gasteiger partial charge < -0.3 is 14.2 Å². The van der Waals surface area contributed by atoms with Crippen molar-refractivity contribution >= 4 is 17.4 Å². The first-order valence-corrected chi connectivity index (χ1v) is 11.0. The number of para-hydroxylation sites is 1. The molecule has 3 heterocycles. The zero-order valence-electron chi connectivity index (χ0n) is 17.4. The summed E-state index contributed by atoms with van der Waals surface area (Å²) in [5, 5.41) is 0. The highest BCUT2D eigenvalue weighted by Crippen LogP contribution is 2.42. The predicted octanol–water partition coefficient (Wildman–Crippen LogP) is 3.46. The predicted molar refractivity (Wildman–Crippen MR) is 115 cm³/mol. The second kappa shape index (κ2) is 7.74. The zero-order valence-corrected chi connectivity index (χ0v) is 18.2. The third kappa shape index (κ3) is 3.56. The van der Waals surface area contributed by atoms with Crippen molar-refractivity contribution in [2.75, 3.05) is 6.61 Å². The van der Waals surface area contributed by atoms with E-state index in [1.165, 1.54) is 17.4 Å². The van der Waals surface area contributed by atoms with Crippen LogP contribution in [0.1, 0.15) is 37.4 Å². The summed E-state index contributed by atoms with van der Waals surface area (Å²) >= 11 is 1.28. The Balaban J connectivity index is 1.62. The van der Waals surface area contributed by atoms with Crippen LogP contribution in [0.2, 0.25) is 0 Å². The molecule has 166 valence electrons. The number of halogens is 2. The van der Waals surface area contributed by atoms with Gasteiger partial charge in [0.05, 0.1) is 17.2 Å². The molecule has 2 aliphatic rings. The second-order valence-electron chi connectivity index (χ2n) is 7.73. The number of rotatable bonds is 5. The topological polar surface area (TPSA) is 62.1 Å². The summed E-state index contributed by atoms with van der Waals surface area (Å²) in [7, 11) is 0. The Bertz CT molecular complexity index is 1370. The van der Waals surface area contributed by atoms with Crippen LogP contribution in [-0.2, 0) is 0 Å². The molecule has 2 unspecified atom stereocenters. The van der Waals surface area contributed by atoms with E-state index in [-0.39, 0.29) is 29.7 Å². The van der Waals surface area contributed by atoms with Gasteiger partial charge in [0.2, 0.25) is 5.72 Å². The number of hydrogen-bond donors (Lipinski definition) is 0. The number of thiazole rings is 1. The van der Waals surface area contributed by atoms with E-state index in [0.29, 0.717) is 21.3 Å². The Morgan fingerprint density at radius 2 is 2.12 bits per heavy atom. The Morgan fingerprint density at radius 3 is 2.91 bits per heavy atom.